The van der Waals surface area contributed by atoms with Crippen LogP contribution < -0.4 is 5.32 Å². The van der Waals surface area contributed by atoms with Crippen LogP contribution in [0.25, 0.3) is 0 Å². The Balaban J connectivity index is 2.65. The van der Waals surface area contributed by atoms with Gasteiger partial charge >= 0.3 is 0 Å². The lowest BCUT2D eigenvalue weighted by Gasteiger charge is -2.22. The molecule has 0 atom stereocenters. The van der Waals surface area contributed by atoms with E-state index in [9.17, 15) is 10.1 Å². The molecular weight excluding hydrogens is 200 g/mol. The Morgan fingerprint density at radius 2 is 1.94 bits per heavy atom. The van der Waals surface area contributed by atoms with E-state index in [1.54, 1.807) is 6.92 Å². The largest absolute Gasteiger partial charge is 0.344 e. The molecule has 0 spiro atoms. The number of nitrogens with zero attached hydrogens (tertiary/aromatic N) is 1. The number of nitriles is 1. The Labute approximate surface area is 97.2 Å². The van der Waals surface area contributed by atoms with E-state index in [2.05, 4.69) is 23.2 Å². The quantitative estimate of drug-likeness (QED) is 0.569. The number of rotatable bonds is 2. The summed E-state index contributed by atoms with van der Waals surface area (Å²) in [5, 5.41) is 12.0. The number of amides is 1. The van der Waals surface area contributed by atoms with Crippen LogP contribution in [0.5, 0.6) is 0 Å². The van der Waals surface area contributed by atoms with Crippen LogP contribution in [0.15, 0.2) is 0 Å². The van der Waals surface area contributed by atoms with Gasteiger partial charge in [0.05, 0.1) is 12.6 Å². The maximum Gasteiger partial charge on any atom is 0.241 e. The summed E-state index contributed by atoms with van der Waals surface area (Å²) in [6.45, 7) is 2.08. The Kier molecular flexibility index (Phi) is 4.86. The van der Waals surface area contributed by atoms with Gasteiger partial charge < -0.3 is 5.32 Å². The van der Waals surface area contributed by atoms with Crippen molar-refractivity contribution in [3.63, 3.8) is 0 Å². The highest BCUT2D eigenvalue weighted by molar-refractivity contribution is 5.85. The van der Waals surface area contributed by atoms with Crippen molar-refractivity contribution in [2.24, 2.45) is 5.41 Å². The summed E-state index contributed by atoms with van der Waals surface area (Å²) in [5.41, 5.74) is -0.800. The summed E-state index contributed by atoms with van der Waals surface area (Å²) in [4.78, 5) is 12.0. The van der Waals surface area contributed by atoms with Gasteiger partial charge in [0.1, 0.15) is 5.41 Å². The second kappa shape index (κ2) is 6.18. The molecule has 0 aromatic heterocycles. The highest BCUT2D eigenvalue weighted by atomic mass is 16.2. The molecule has 0 bridgehead atoms. The lowest BCUT2D eigenvalue weighted by molar-refractivity contribution is -0.128. The molecule has 1 aliphatic carbocycles. The molecule has 3 heteroatoms. The van der Waals surface area contributed by atoms with Crippen LogP contribution in [0.1, 0.15) is 45.4 Å². The molecule has 3 nitrogen and oxygen atoms in total. The fourth-order valence-electron chi connectivity index (χ4n) is 2.10. The molecule has 1 rings (SSSR count). The van der Waals surface area contributed by atoms with E-state index >= 15 is 0 Å². The van der Waals surface area contributed by atoms with Gasteiger partial charge in [-0.1, -0.05) is 31.6 Å². The molecule has 1 fully saturated rings. The SMILES string of the molecule is CC#CCNC(=O)C1(C#N)CCCCCC1. The lowest BCUT2D eigenvalue weighted by atomic mass is 9.81. The van der Waals surface area contributed by atoms with Crippen molar-refractivity contribution in [1.29, 1.82) is 5.26 Å². The van der Waals surface area contributed by atoms with Gasteiger partial charge in [0, 0.05) is 0 Å². The first-order valence-corrected chi connectivity index (χ1v) is 5.84. The van der Waals surface area contributed by atoms with E-state index in [1.165, 1.54) is 0 Å². The zero-order valence-electron chi connectivity index (χ0n) is 9.81. The molecule has 0 saturated heterocycles. The second-order valence-electron chi connectivity index (χ2n) is 4.22. The van der Waals surface area contributed by atoms with Gasteiger partial charge in [-0.3, -0.25) is 4.79 Å². The molecule has 1 saturated carbocycles. The molecule has 0 unspecified atom stereocenters. The van der Waals surface area contributed by atoms with Gasteiger partial charge in [0.2, 0.25) is 5.91 Å². The summed E-state index contributed by atoms with van der Waals surface area (Å²) in [5.74, 6) is 5.37. The minimum Gasteiger partial charge on any atom is -0.344 e. The normalized spacial score (nSPS) is 18.5. The maximum absolute atomic E-state index is 12.0. The Bertz CT molecular complexity index is 335. The summed E-state index contributed by atoms with van der Waals surface area (Å²) < 4.78 is 0. The van der Waals surface area contributed by atoms with Crippen molar-refractivity contribution in [2.45, 2.75) is 45.4 Å². The summed E-state index contributed by atoms with van der Waals surface area (Å²) >= 11 is 0. The van der Waals surface area contributed by atoms with Gasteiger partial charge in [-0.2, -0.15) is 5.26 Å². The average Bonchev–Trinajstić information content (AvgIpc) is 2.55. The molecule has 1 N–H and O–H groups in total. The van der Waals surface area contributed by atoms with Gasteiger partial charge in [0.15, 0.2) is 0 Å². The molecule has 0 radical (unpaired) electrons. The highest BCUT2D eigenvalue weighted by Gasteiger charge is 2.38. The topological polar surface area (TPSA) is 52.9 Å². The van der Waals surface area contributed by atoms with E-state index in [4.69, 9.17) is 0 Å². The van der Waals surface area contributed by atoms with Gasteiger partial charge in [-0.15, -0.1) is 5.92 Å². The first-order chi connectivity index (χ1) is 7.75. The monoisotopic (exact) mass is 218 g/mol. The number of carbonyl (C=O) groups is 1. The molecule has 1 amide bonds. The number of hydrogen-bond acceptors (Lipinski definition) is 2. The zero-order chi connectivity index (χ0) is 11.9. The van der Waals surface area contributed by atoms with Crippen LogP contribution in [0.2, 0.25) is 0 Å². The number of carbonyl (C=O) groups excluding carboxylic acids is 1. The minimum atomic E-state index is -0.800. The van der Waals surface area contributed by atoms with E-state index in [1.807, 2.05) is 0 Å². The summed E-state index contributed by atoms with van der Waals surface area (Å²) in [6.07, 6.45) is 5.58. The molecule has 0 aromatic carbocycles. The van der Waals surface area contributed by atoms with Crippen LogP contribution in [-0.4, -0.2) is 12.5 Å². The van der Waals surface area contributed by atoms with Crippen LogP contribution in [-0.2, 0) is 4.79 Å². The summed E-state index contributed by atoms with van der Waals surface area (Å²) in [6, 6.07) is 2.22. The fraction of sp³-hybridized carbons (Fsp3) is 0.692. The van der Waals surface area contributed by atoms with Crippen molar-refractivity contribution >= 4 is 5.91 Å². The van der Waals surface area contributed by atoms with Crippen LogP contribution in [0.4, 0.5) is 0 Å². The molecule has 86 valence electrons. The third-order valence-corrected chi connectivity index (χ3v) is 3.12. The predicted octanol–water partition coefficient (Wildman–Crippen LogP) is 1.99. The van der Waals surface area contributed by atoms with E-state index in [-0.39, 0.29) is 5.91 Å². The van der Waals surface area contributed by atoms with Gasteiger partial charge in [-0.25, -0.2) is 0 Å². The molecule has 16 heavy (non-hydrogen) atoms. The fourth-order valence-corrected chi connectivity index (χ4v) is 2.10. The number of hydrogen-bond donors (Lipinski definition) is 1. The lowest BCUT2D eigenvalue weighted by Crippen LogP contribution is -2.40. The van der Waals surface area contributed by atoms with E-state index < -0.39 is 5.41 Å². The standard InChI is InChI=1S/C13H18N2O/c1-2-3-10-15-12(16)13(11-14)8-6-4-5-7-9-13/h4-10H2,1H3,(H,15,16). The zero-order valence-corrected chi connectivity index (χ0v) is 9.81. The van der Waals surface area contributed by atoms with Crippen molar-refractivity contribution in [3.05, 3.63) is 0 Å². The van der Waals surface area contributed by atoms with Crippen molar-refractivity contribution in [1.82, 2.24) is 5.32 Å². The van der Waals surface area contributed by atoms with Crippen molar-refractivity contribution in [2.75, 3.05) is 6.54 Å². The Morgan fingerprint density at radius 1 is 1.31 bits per heavy atom. The molecule has 0 heterocycles. The predicted molar refractivity (Wildman–Crippen MR) is 62.2 cm³/mol. The smallest absolute Gasteiger partial charge is 0.241 e. The minimum absolute atomic E-state index is 0.139. The first kappa shape index (κ1) is 12.6. The summed E-state index contributed by atoms with van der Waals surface area (Å²) in [7, 11) is 0. The molecule has 0 aliphatic heterocycles. The molecular formula is C13H18N2O. The van der Waals surface area contributed by atoms with Crippen molar-refractivity contribution < 1.29 is 4.79 Å². The third-order valence-electron chi connectivity index (χ3n) is 3.12. The Morgan fingerprint density at radius 3 is 2.44 bits per heavy atom. The maximum atomic E-state index is 12.0. The van der Waals surface area contributed by atoms with E-state index in [0.717, 1.165) is 25.7 Å². The number of nitrogens with one attached hydrogen (secondary N) is 1. The van der Waals surface area contributed by atoms with E-state index in [0.29, 0.717) is 19.4 Å². The van der Waals surface area contributed by atoms with Crippen LogP contribution in [0.3, 0.4) is 0 Å². The molecule has 0 aromatic rings. The van der Waals surface area contributed by atoms with Crippen molar-refractivity contribution in [3.8, 4) is 17.9 Å². The Hall–Kier alpha value is -1.48. The van der Waals surface area contributed by atoms with Gasteiger partial charge in [0.25, 0.3) is 0 Å². The third kappa shape index (κ3) is 3.00. The highest BCUT2D eigenvalue weighted by Crippen LogP contribution is 2.34. The average molecular weight is 218 g/mol. The first-order valence-electron chi connectivity index (χ1n) is 5.84. The van der Waals surface area contributed by atoms with Crippen LogP contribution in [0, 0.1) is 28.6 Å². The van der Waals surface area contributed by atoms with Gasteiger partial charge in [-0.05, 0) is 19.8 Å². The van der Waals surface area contributed by atoms with Crippen LogP contribution >= 0.6 is 0 Å². The second-order valence-corrected chi connectivity index (χ2v) is 4.22. The molecule has 1 aliphatic rings.